The predicted molar refractivity (Wildman–Crippen MR) is 58.0 cm³/mol. The molecule has 0 amide bonds. The van der Waals surface area contributed by atoms with Crippen LogP contribution in [0.25, 0.3) is 0 Å². The molecule has 1 heterocycles. The van der Waals surface area contributed by atoms with E-state index in [0.717, 1.165) is 4.90 Å². The molecule has 1 aliphatic rings. The number of hydrogen-bond donors (Lipinski definition) is 0. The summed E-state index contributed by atoms with van der Waals surface area (Å²) >= 11 is 0. The molecule has 1 saturated heterocycles. The first-order valence-electron chi connectivity index (χ1n) is 5.03. The highest BCUT2D eigenvalue weighted by Crippen LogP contribution is 2.12. The van der Waals surface area contributed by atoms with Crippen LogP contribution < -0.4 is 0 Å². The maximum absolute atomic E-state index is 11.8. The van der Waals surface area contributed by atoms with Crippen LogP contribution in [0.2, 0.25) is 0 Å². The van der Waals surface area contributed by atoms with Crippen molar-refractivity contribution in [3.05, 3.63) is 30.3 Å². The zero-order chi connectivity index (χ0) is 10.5. The first kappa shape index (κ1) is 10.8. The Bertz CT molecular complexity index is 320. The summed E-state index contributed by atoms with van der Waals surface area (Å²) in [5.41, 5.74) is 0. The molecule has 1 aromatic carbocycles. The maximum atomic E-state index is 11.8. The van der Waals surface area contributed by atoms with Crippen LogP contribution in [0.15, 0.2) is 35.2 Å². The summed E-state index contributed by atoms with van der Waals surface area (Å²) in [4.78, 5) is 0.871. The Hall–Kier alpha value is -0.710. The van der Waals surface area contributed by atoms with Gasteiger partial charge < -0.3 is 9.47 Å². The van der Waals surface area contributed by atoms with Crippen LogP contribution in [-0.2, 0) is 20.3 Å². The Labute approximate surface area is 91.9 Å². The first-order chi connectivity index (χ1) is 7.36. The van der Waals surface area contributed by atoms with Crippen LogP contribution in [0.5, 0.6) is 0 Å². The normalized spacial score (nSPS) is 19.2. The van der Waals surface area contributed by atoms with Gasteiger partial charge in [0.1, 0.15) is 0 Å². The summed E-state index contributed by atoms with van der Waals surface area (Å²) in [5.74, 6) is 0.592. The topological polar surface area (TPSA) is 35.5 Å². The molecule has 1 atom stereocenters. The van der Waals surface area contributed by atoms with E-state index in [1.54, 1.807) is 0 Å². The van der Waals surface area contributed by atoms with E-state index in [-0.39, 0.29) is 6.29 Å². The molecule has 1 unspecified atom stereocenters. The lowest BCUT2D eigenvalue weighted by atomic mass is 10.4. The Morgan fingerprint density at radius 1 is 1.20 bits per heavy atom. The van der Waals surface area contributed by atoms with Gasteiger partial charge in [0, 0.05) is 17.1 Å². The molecule has 1 fully saturated rings. The van der Waals surface area contributed by atoms with E-state index in [0.29, 0.717) is 25.4 Å². The molecule has 0 bridgehead atoms. The second kappa shape index (κ2) is 5.39. The zero-order valence-electron chi connectivity index (χ0n) is 8.43. The van der Waals surface area contributed by atoms with Crippen molar-refractivity contribution in [1.29, 1.82) is 0 Å². The fourth-order valence-corrected chi connectivity index (χ4v) is 2.57. The lowest BCUT2D eigenvalue weighted by molar-refractivity contribution is -0.0423. The highest BCUT2D eigenvalue weighted by Gasteiger charge is 2.16. The minimum absolute atomic E-state index is 0.155. The van der Waals surface area contributed by atoms with E-state index < -0.39 is 10.8 Å². The molecule has 4 heteroatoms. The third-order valence-electron chi connectivity index (χ3n) is 2.24. The quantitative estimate of drug-likeness (QED) is 0.781. The molecule has 0 aliphatic carbocycles. The average Bonchev–Trinajstić information content (AvgIpc) is 2.80. The van der Waals surface area contributed by atoms with Crippen LogP contribution in [0.4, 0.5) is 0 Å². The molecule has 0 aromatic heterocycles. The van der Waals surface area contributed by atoms with Gasteiger partial charge in [-0.05, 0) is 12.1 Å². The van der Waals surface area contributed by atoms with Crippen LogP contribution in [0.1, 0.15) is 6.42 Å². The van der Waals surface area contributed by atoms with Crippen LogP contribution in [-0.4, -0.2) is 29.5 Å². The molecule has 0 saturated carbocycles. The van der Waals surface area contributed by atoms with Crippen LogP contribution in [0, 0.1) is 0 Å². The maximum Gasteiger partial charge on any atom is 0.158 e. The van der Waals surface area contributed by atoms with Gasteiger partial charge in [-0.15, -0.1) is 0 Å². The van der Waals surface area contributed by atoms with Gasteiger partial charge in [0.2, 0.25) is 0 Å². The smallest absolute Gasteiger partial charge is 0.158 e. The van der Waals surface area contributed by atoms with Crippen molar-refractivity contribution in [2.24, 2.45) is 0 Å². The summed E-state index contributed by atoms with van der Waals surface area (Å²) in [6, 6.07) is 9.48. The number of hydrogen-bond acceptors (Lipinski definition) is 3. The highest BCUT2D eigenvalue weighted by molar-refractivity contribution is 7.85. The summed E-state index contributed by atoms with van der Waals surface area (Å²) in [6.45, 7) is 1.31. The highest BCUT2D eigenvalue weighted by atomic mass is 32.2. The molecular weight excluding hydrogens is 212 g/mol. The fraction of sp³-hybridized carbons (Fsp3) is 0.455. The van der Waals surface area contributed by atoms with E-state index in [1.807, 2.05) is 30.3 Å². The van der Waals surface area contributed by atoms with Crippen molar-refractivity contribution >= 4 is 10.8 Å². The van der Waals surface area contributed by atoms with Crippen molar-refractivity contribution in [2.75, 3.05) is 19.0 Å². The summed E-state index contributed by atoms with van der Waals surface area (Å²) in [5, 5.41) is 0. The van der Waals surface area contributed by atoms with Crippen LogP contribution >= 0.6 is 0 Å². The summed E-state index contributed by atoms with van der Waals surface area (Å²) in [6.07, 6.45) is 0.541. The van der Waals surface area contributed by atoms with E-state index in [2.05, 4.69) is 0 Å². The SMILES string of the molecule is O=S(CCC1OCCO1)c1ccccc1. The van der Waals surface area contributed by atoms with Gasteiger partial charge in [-0.2, -0.15) is 0 Å². The van der Waals surface area contributed by atoms with E-state index in [9.17, 15) is 4.21 Å². The molecular formula is C11H14O3S. The predicted octanol–water partition coefficient (Wildman–Crippen LogP) is 1.56. The van der Waals surface area contributed by atoms with Crippen LogP contribution in [0.3, 0.4) is 0 Å². The number of rotatable bonds is 4. The second-order valence-corrected chi connectivity index (χ2v) is 4.89. The van der Waals surface area contributed by atoms with Gasteiger partial charge in [0.15, 0.2) is 6.29 Å². The van der Waals surface area contributed by atoms with Crippen molar-refractivity contribution in [1.82, 2.24) is 0 Å². The van der Waals surface area contributed by atoms with Crippen molar-refractivity contribution in [3.63, 3.8) is 0 Å². The Morgan fingerprint density at radius 3 is 2.53 bits per heavy atom. The van der Waals surface area contributed by atoms with Crippen molar-refractivity contribution in [2.45, 2.75) is 17.6 Å². The summed E-state index contributed by atoms with van der Waals surface area (Å²) in [7, 11) is -0.939. The molecule has 15 heavy (non-hydrogen) atoms. The molecule has 1 aromatic rings. The van der Waals surface area contributed by atoms with Gasteiger partial charge in [-0.1, -0.05) is 18.2 Å². The minimum atomic E-state index is -0.939. The Kier molecular flexibility index (Phi) is 3.88. The Balaban J connectivity index is 1.82. The monoisotopic (exact) mass is 226 g/mol. The average molecular weight is 226 g/mol. The van der Waals surface area contributed by atoms with Crippen molar-refractivity contribution < 1.29 is 13.7 Å². The summed E-state index contributed by atoms with van der Waals surface area (Å²) < 4.78 is 22.4. The molecule has 1 aliphatic heterocycles. The van der Waals surface area contributed by atoms with Crippen molar-refractivity contribution in [3.8, 4) is 0 Å². The van der Waals surface area contributed by atoms with E-state index in [4.69, 9.17) is 9.47 Å². The third kappa shape index (κ3) is 3.12. The number of ether oxygens (including phenoxy) is 2. The van der Waals surface area contributed by atoms with Gasteiger partial charge >= 0.3 is 0 Å². The van der Waals surface area contributed by atoms with Gasteiger partial charge in [-0.25, -0.2) is 0 Å². The lowest BCUT2D eigenvalue weighted by Crippen LogP contribution is -2.12. The standard InChI is InChI=1S/C11H14O3S/c12-15(10-4-2-1-3-5-10)9-6-11-13-7-8-14-11/h1-5,11H,6-9H2. The van der Waals surface area contributed by atoms with E-state index in [1.165, 1.54) is 0 Å². The molecule has 82 valence electrons. The largest absolute Gasteiger partial charge is 0.350 e. The number of benzene rings is 1. The molecule has 3 nitrogen and oxygen atoms in total. The molecule has 0 radical (unpaired) electrons. The van der Waals surface area contributed by atoms with Gasteiger partial charge in [0.05, 0.1) is 24.0 Å². The molecule has 0 spiro atoms. The Morgan fingerprint density at radius 2 is 1.87 bits per heavy atom. The zero-order valence-corrected chi connectivity index (χ0v) is 9.24. The molecule has 0 N–H and O–H groups in total. The lowest BCUT2D eigenvalue weighted by Gasteiger charge is -2.08. The van der Waals surface area contributed by atoms with E-state index >= 15 is 0 Å². The minimum Gasteiger partial charge on any atom is -0.350 e. The third-order valence-corrected chi connectivity index (χ3v) is 3.64. The second-order valence-electron chi connectivity index (χ2n) is 3.32. The van der Waals surface area contributed by atoms with Gasteiger partial charge in [0.25, 0.3) is 0 Å². The van der Waals surface area contributed by atoms with Gasteiger partial charge in [-0.3, -0.25) is 4.21 Å². The first-order valence-corrected chi connectivity index (χ1v) is 6.35. The molecule has 2 rings (SSSR count). The fourth-order valence-electron chi connectivity index (χ4n) is 1.47.